The van der Waals surface area contributed by atoms with Crippen molar-refractivity contribution in [1.29, 1.82) is 0 Å². The molecule has 1 atom stereocenters. The predicted molar refractivity (Wildman–Crippen MR) is 107 cm³/mol. The smallest absolute Gasteiger partial charge is 0.341 e. The zero-order valence-corrected chi connectivity index (χ0v) is 16.7. The third-order valence-electron chi connectivity index (χ3n) is 4.50. The van der Waals surface area contributed by atoms with Gasteiger partial charge in [-0.05, 0) is 42.9 Å². The molecule has 1 N–H and O–H groups in total. The molecule has 2 aromatic rings. The average Bonchev–Trinajstić information content (AvgIpc) is 2.98. The predicted octanol–water partition coefficient (Wildman–Crippen LogP) is 4.78. The van der Waals surface area contributed by atoms with Gasteiger partial charge in [0.2, 0.25) is 5.91 Å². The Kier molecular flexibility index (Phi) is 6.38. The van der Waals surface area contributed by atoms with Gasteiger partial charge in [0.05, 0.1) is 12.7 Å². The molecule has 0 bridgehead atoms. The maximum atomic E-state index is 12.4. The molecule has 0 fully saturated rings. The summed E-state index contributed by atoms with van der Waals surface area (Å²) in [6.07, 6.45) is 3.30. The number of thioether (sulfide) groups is 1. The summed E-state index contributed by atoms with van der Waals surface area (Å²) >= 11 is 3.18. The molecule has 0 saturated carbocycles. The second-order valence-electron chi connectivity index (χ2n) is 6.51. The van der Waals surface area contributed by atoms with Crippen LogP contribution < -0.4 is 5.32 Å². The summed E-state index contributed by atoms with van der Waals surface area (Å²) in [5.74, 6) is 0.889. The summed E-state index contributed by atoms with van der Waals surface area (Å²) in [5.41, 5.74) is 1.62. The van der Waals surface area contributed by atoms with E-state index in [9.17, 15) is 9.59 Å². The lowest BCUT2D eigenvalue weighted by Gasteiger charge is -2.18. The third kappa shape index (κ3) is 4.48. The van der Waals surface area contributed by atoms with Crippen LogP contribution in [0.2, 0.25) is 0 Å². The number of thiophene rings is 1. The van der Waals surface area contributed by atoms with Crippen LogP contribution in [0.1, 0.15) is 40.6 Å². The molecule has 3 rings (SSSR count). The van der Waals surface area contributed by atoms with Crippen LogP contribution in [0.25, 0.3) is 0 Å². The van der Waals surface area contributed by atoms with Gasteiger partial charge in [0.1, 0.15) is 5.00 Å². The molecule has 26 heavy (non-hydrogen) atoms. The van der Waals surface area contributed by atoms with E-state index in [1.54, 1.807) is 11.8 Å². The topological polar surface area (TPSA) is 55.4 Å². The Morgan fingerprint density at radius 2 is 2.08 bits per heavy atom. The highest BCUT2D eigenvalue weighted by Crippen LogP contribution is 2.40. The first kappa shape index (κ1) is 19.0. The van der Waals surface area contributed by atoms with Gasteiger partial charge in [0.25, 0.3) is 0 Å². The van der Waals surface area contributed by atoms with Crippen LogP contribution in [0, 0.1) is 5.92 Å². The summed E-state index contributed by atoms with van der Waals surface area (Å²) in [6, 6.07) is 10.0. The minimum absolute atomic E-state index is 0.0646. The quantitative estimate of drug-likeness (QED) is 0.571. The van der Waals surface area contributed by atoms with Crippen LogP contribution in [-0.4, -0.2) is 24.7 Å². The summed E-state index contributed by atoms with van der Waals surface area (Å²) in [6.45, 7) is 2.22. The van der Waals surface area contributed by atoms with Crippen molar-refractivity contribution in [2.75, 3.05) is 18.2 Å². The molecule has 0 saturated heterocycles. The molecule has 1 aliphatic carbocycles. The number of carbonyl (C=O) groups is 2. The van der Waals surface area contributed by atoms with Crippen molar-refractivity contribution in [1.82, 2.24) is 0 Å². The van der Waals surface area contributed by atoms with Crippen molar-refractivity contribution in [3.63, 3.8) is 0 Å². The van der Waals surface area contributed by atoms with Crippen LogP contribution in [0.15, 0.2) is 35.2 Å². The number of hydrogen-bond acceptors (Lipinski definition) is 5. The van der Waals surface area contributed by atoms with Crippen molar-refractivity contribution < 1.29 is 14.3 Å². The summed E-state index contributed by atoms with van der Waals surface area (Å²) in [4.78, 5) is 27.0. The highest BCUT2D eigenvalue weighted by atomic mass is 32.2. The first-order valence-corrected chi connectivity index (χ1v) is 10.6. The number of fused-ring (bicyclic) bond motifs is 1. The van der Waals surface area contributed by atoms with E-state index in [1.807, 2.05) is 30.3 Å². The number of rotatable bonds is 6. The molecule has 4 nitrogen and oxygen atoms in total. The fraction of sp³-hybridized carbons (Fsp3) is 0.400. The number of esters is 1. The Hall–Kier alpha value is -1.79. The van der Waals surface area contributed by atoms with Gasteiger partial charge in [-0.15, -0.1) is 23.1 Å². The minimum atomic E-state index is -0.356. The monoisotopic (exact) mass is 389 g/mol. The zero-order valence-electron chi connectivity index (χ0n) is 15.0. The van der Waals surface area contributed by atoms with E-state index in [-0.39, 0.29) is 11.9 Å². The van der Waals surface area contributed by atoms with E-state index in [0.717, 1.165) is 29.7 Å². The number of carbonyl (C=O) groups excluding carboxylic acids is 2. The van der Waals surface area contributed by atoms with E-state index in [2.05, 4.69) is 12.2 Å². The summed E-state index contributed by atoms with van der Waals surface area (Å²) in [7, 11) is 1.39. The Bertz CT molecular complexity index is 786. The van der Waals surface area contributed by atoms with Crippen LogP contribution in [0.4, 0.5) is 5.00 Å². The van der Waals surface area contributed by atoms with Crippen molar-refractivity contribution >= 4 is 40.0 Å². The molecule has 0 radical (unpaired) electrons. The molecule has 1 unspecified atom stereocenters. The first-order valence-electron chi connectivity index (χ1n) is 8.79. The number of nitrogens with one attached hydrogen (secondary N) is 1. The number of ether oxygens (including phenoxy) is 1. The van der Waals surface area contributed by atoms with Gasteiger partial charge in [-0.2, -0.15) is 0 Å². The molecule has 6 heteroatoms. The van der Waals surface area contributed by atoms with Crippen LogP contribution in [-0.2, 0) is 22.4 Å². The van der Waals surface area contributed by atoms with Crippen molar-refractivity contribution in [2.45, 2.75) is 37.5 Å². The summed E-state index contributed by atoms with van der Waals surface area (Å²) in [5, 5.41) is 3.59. The van der Waals surface area contributed by atoms with Crippen molar-refractivity contribution in [3.8, 4) is 0 Å². The van der Waals surface area contributed by atoms with E-state index in [0.29, 0.717) is 28.7 Å². The molecule has 1 amide bonds. The Morgan fingerprint density at radius 1 is 1.31 bits per heavy atom. The lowest BCUT2D eigenvalue weighted by molar-refractivity contribution is -0.115. The molecule has 1 aromatic heterocycles. The molecule has 0 aliphatic heterocycles. The molecule has 1 aliphatic rings. The van der Waals surface area contributed by atoms with Gasteiger partial charge in [-0.3, -0.25) is 4.79 Å². The van der Waals surface area contributed by atoms with E-state index >= 15 is 0 Å². The molecule has 0 spiro atoms. The Morgan fingerprint density at radius 3 is 2.81 bits per heavy atom. The second kappa shape index (κ2) is 8.73. The number of methoxy groups -OCH3 is 1. The van der Waals surface area contributed by atoms with E-state index in [1.165, 1.54) is 23.3 Å². The second-order valence-corrected chi connectivity index (χ2v) is 8.78. The summed E-state index contributed by atoms with van der Waals surface area (Å²) < 4.78 is 4.96. The maximum absolute atomic E-state index is 12.4. The SMILES string of the molecule is COC(=O)c1c(NC(=O)CCSc2ccccc2)sc2c1CCC(C)C2. The number of amides is 1. The van der Waals surface area contributed by atoms with E-state index in [4.69, 9.17) is 4.74 Å². The van der Waals surface area contributed by atoms with Crippen molar-refractivity contribution in [2.24, 2.45) is 5.92 Å². The van der Waals surface area contributed by atoms with Gasteiger partial charge < -0.3 is 10.1 Å². The zero-order chi connectivity index (χ0) is 18.5. The van der Waals surface area contributed by atoms with Crippen LogP contribution >= 0.6 is 23.1 Å². The van der Waals surface area contributed by atoms with E-state index < -0.39 is 0 Å². The van der Waals surface area contributed by atoms with Gasteiger partial charge in [-0.25, -0.2) is 4.79 Å². The molecular weight excluding hydrogens is 366 g/mol. The third-order valence-corrected chi connectivity index (χ3v) is 6.68. The Labute approximate surface area is 162 Å². The first-order chi connectivity index (χ1) is 12.6. The molecule has 1 heterocycles. The van der Waals surface area contributed by atoms with Crippen LogP contribution in [0.5, 0.6) is 0 Å². The highest BCUT2D eigenvalue weighted by molar-refractivity contribution is 7.99. The maximum Gasteiger partial charge on any atom is 0.341 e. The fourth-order valence-corrected chi connectivity index (χ4v) is 5.41. The molecule has 1 aromatic carbocycles. The highest BCUT2D eigenvalue weighted by Gasteiger charge is 2.28. The lowest BCUT2D eigenvalue weighted by Crippen LogP contribution is -2.16. The fourth-order valence-electron chi connectivity index (χ4n) is 3.12. The number of hydrogen-bond donors (Lipinski definition) is 1. The Balaban J connectivity index is 1.66. The minimum Gasteiger partial charge on any atom is -0.465 e. The van der Waals surface area contributed by atoms with Gasteiger partial charge in [0, 0.05) is 21.9 Å². The lowest BCUT2D eigenvalue weighted by atomic mass is 9.88. The largest absolute Gasteiger partial charge is 0.465 e. The average molecular weight is 390 g/mol. The van der Waals surface area contributed by atoms with Crippen LogP contribution in [0.3, 0.4) is 0 Å². The standard InChI is InChI=1S/C20H23NO3S2/c1-13-8-9-15-16(12-13)26-19(18(15)20(23)24-2)21-17(22)10-11-25-14-6-4-3-5-7-14/h3-7,13H,8-12H2,1-2H3,(H,21,22). The number of anilines is 1. The normalized spacial score (nSPS) is 16.0. The van der Waals surface area contributed by atoms with Gasteiger partial charge in [-0.1, -0.05) is 25.1 Å². The number of benzene rings is 1. The molecule has 138 valence electrons. The molecular formula is C20H23NO3S2. The van der Waals surface area contributed by atoms with Gasteiger partial charge >= 0.3 is 5.97 Å². The van der Waals surface area contributed by atoms with Gasteiger partial charge in [0.15, 0.2) is 0 Å². The van der Waals surface area contributed by atoms with Crippen molar-refractivity contribution in [3.05, 3.63) is 46.3 Å².